The molecule has 1 saturated carbocycles. The maximum atomic E-state index is 12.8. The van der Waals surface area contributed by atoms with Crippen LogP contribution in [-0.4, -0.2) is 47.5 Å². The van der Waals surface area contributed by atoms with Crippen LogP contribution in [0.25, 0.3) is 0 Å². The van der Waals surface area contributed by atoms with E-state index in [1.165, 1.54) is 6.20 Å². The van der Waals surface area contributed by atoms with Gasteiger partial charge in [0.25, 0.3) is 5.91 Å². The van der Waals surface area contributed by atoms with Gasteiger partial charge in [-0.1, -0.05) is 12.1 Å². The molecule has 1 aromatic heterocycles. The standard InChI is InChI=1S/C24H25BrN6O4S/c1-35-21-11-14-8-9-31(36(33,34)16-6-7-16)13-15(14)10-20(21)29-24-27-12-17(22(26)32)23(30-24)28-19-5-3-2-4-18(19)25/h2-5,10-12,16H,6-9,13H2,1H3,(H2,26,32)(H2,27,28,29,30). The molecule has 188 valence electrons. The van der Waals surface area contributed by atoms with Gasteiger partial charge in [0, 0.05) is 23.8 Å². The highest BCUT2D eigenvalue weighted by Crippen LogP contribution is 2.37. The van der Waals surface area contributed by atoms with Crippen LogP contribution in [0.15, 0.2) is 47.1 Å². The molecule has 0 spiro atoms. The molecule has 12 heteroatoms. The van der Waals surface area contributed by atoms with Gasteiger partial charge in [-0.2, -0.15) is 9.29 Å². The first kappa shape index (κ1) is 24.5. The van der Waals surface area contributed by atoms with Crippen LogP contribution >= 0.6 is 15.9 Å². The SMILES string of the molecule is COc1cc2c(cc1Nc1ncc(C(N)=O)c(Nc3ccccc3Br)n1)CN(S(=O)(=O)C1CC1)CC2. The van der Waals surface area contributed by atoms with Crippen LogP contribution in [0.2, 0.25) is 0 Å². The summed E-state index contributed by atoms with van der Waals surface area (Å²) in [5, 5.41) is 6.02. The number of benzene rings is 2. The van der Waals surface area contributed by atoms with Crippen LogP contribution in [0.5, 0.6) is 5.75 Å². The number of primary amides is 1. The summed E-state index contributed by atoms with van der Waals surface area (Å²) in [6.45, 7) is 0.771. The number of fused-ring (bicyclic) bond motifs is 1. The summed E-state index contributed by atoms with van der Waals surface area (Å²) in [4.78, 5) is 20.7. The molecule has 1 aliphatic carbocycles. The molecule has 3 aromatic rings. The van der Waals surface area contributed by atoms with E-state index in [0.717, 1.165) is 28.4 Å². The Morgan fingerprint density at radius 1 is 1.17 bits per heavy atom. The number of anilines is 4. The fourth-order valence-corrected chi connectivity index (χ4v) is 6.35. The highest BCUT2D eigenvalue weighted by atomic mass is 79.9. The molecule has 0 atom stereocenters. The number of para-hydroxylation sites is 1. The van der Waals surface area contributed by atoms with E-state index in [-0.39, 0.29) is 22.6 Å². The highest BCUT2D eigenvalue weighted by molar-refractivity contribution is 9.10. The number of aromatic nitrogens is 2. The number of hydrogen-bond acceptors (Lipinski definition) is 8. The Balaban J connectivity index is 1.45. The van der Waals surface area contributed by atoms with Gasteiger partial charge >= 0.3 is 0 Å². The Hall–Kier alpha value is -3.22. The molecule has 4 N–H and O–H groups in total. The highest BCUT2D eigenvalue weighted by Gasteiger charge is 2.41. The van der Waals surface area contributed by atoms with Crippen molar-refractivity contribution in [3.05, 3.63) is 63.8 Å². The smallest absolute Gasteiger partial charge is 0.254 e. The lowest BCUT2D eigenvalue weighted by Crippen LogP contribution is -2.38. The Kier molecular flexibility index (Phi) is 6.58. The number of sulfonamides is 1. The number of nitrogens with two attached hydrogens (primary N) is 1. The minimum absolute atomic E-state index is 0.134. The van der Waals surface area contributed by atoms with E-state index in [9.17, 15) is 13.2 Å². The molecule has 1 amide bonds. The Morgan fingerprint density at radius 3 is 2.64 bits per heavy atom. The van der Waals surface area contributed by atoms with Crippen molar-refractivity contribution in [2.24, 2.45) is 5.73 Å². The molecule has 10 nitrogen and oxygen atoms in total. The number of nitrogens with zero attached hydrogens (tertiary/aromatic N) is 3. The van der Waals surface area contributed by atoms with Crippen LogP contribution in [0, 0.1) is 0 Å². The first-order valence-electron chi connectivity index (χ1n) is 11.4. The number of carbonyl (C=O) groups excluding carboxylic acids is 1. The van der Waals surface area contributed by atoms with Crippen molar-refractivity contribution in [2.45, 2.75) is 31.1 Å². The van der Waals surface area contributed by atoms with Gasteiger partial charge in [-0.3, -0.25) is 4.79 Å². The molecule has 0 radical (unpaired) electrons. The molecule has 0 saturated heterocycles. The molecule has 1 aliphatic heterocycles. The molecule has 2 aromatic carbocycles. The normalized spacial score (nSPS) is 15.7. The summed E-state index contributed by atoms with van der Waals surface area (Å²) < 4.78 is 33.5. The lowest BCUT2D eigenvalue weighted by molar-refractivity contribution is 0.100. The van der Waals surface area contributed by atoms with Crippen molar-refractivity contribution in [1.82, 2.24) is 14.3 Å². The van der Waals surface area contributed by atoms with Crippen LogP contribution in [-0.2, 0) is 23.0 Å². The third-order valence-corrected chi connectivity index (χ3v) is 9.27. The first-order valence-corrected chi connectivity index (χ1v) is 13.7. The molecular formula is C24H25BrN6O4S. The van der Waals surface area contributed by atoms with Crippen molar-refractivity contribution in [3.63, 3.8) is 0 Å². The predicted molar refractivity (Wildman–Crippen MR) is 140 cm³/mol. The summed E-state index contributed by atoms with van der Waals surface area (Å²) in [7, 11) is -1.70. The summed E-state index contributed by atoms with van der Waals surface area (Å²) in [5.74, 6) is 0.367. The zero-order chi connectivity index (χ0) is 25.4. The van der Waals surface area contributed by atoms with Crippen molar-refractivity contribution < 1.29 is 17.9 Å². The number of carbonyl (C=O) groups is 1. The van der Waals surface area contributed by atoms with E-state index in [2.05, 4.69) is 36.5 Å². The average molecular weight is 573 g/mol. The zero-order valence-corrected chi connectivity index (χ0v) is 21.9. The minimum Gasteiger partial charge on any atom is -0.495 e. The predicted octanol–water partition coefficient (Wildman–Crippen LogP) is 3.68. The number of nitrogens with one attached hydrogen (secondary N) is 2. The van der Waals surface area contributed by atoms with Gasteiger partial charge in [0.15, 0.2) is 0 Å². The molecule has 1 fully saturated rings. The van der Waals surface area contributed by atoms with E-state index in [1.807, 2.05) is 36.4 Å². The minimum atomic E-state index is -3.27. The van der Waals surface area contributed by atoms with Gasteiger partial charge in [-0.15, -0.1) is 0 Å². The number of hydrogen-bond donors (Lipinski definition) is 3. The van der Waals surface area contributed by atoms with Crippen LogP contribution < -0.4 is 21.1 Å². The Bertz CT molecular complexity index is 1440. The van der Waals surface area contributed by atoms with E-state index in [4.69, 9.17) is 10.5 Å². The molecule has 0 unspecified atom stereocenters. The molecule has 2 aliphatic rings. The van der Waals surface area contributed by atoms with Crippen LogP contribution in [0.3, 0.4) is 0 Å². The quantitative estimate of drug-likeness (QED) is 0.371. The number of halogens is 1. The van der Waals surface area contributed by atoms with Crippen molar-refractivity contribution in [1.29, 1.82) is 0 Å². The van der Waals surface area contributed by atoms with E-state index < -0.39 is 15.9 Å². The van der Waals surface area contributed by atoms with Crippen molar-refractivity contribution in [3.8, 4) is 5.75 Å². The first-order chi connectivity index (χ1) is 17.3. The molecule has 0 bridgehead atoms. The number of methoxy groups -OCH3 is 1. The fraction of sp³-hybridized carbons (Fsp3) is 0.292. The lowest BCUT2D eigenvalue weighted by atomic mass is 9.99. The van der Waals surface area contributed by atoms with Crippen molar-refractivity contribution in [2.75, 3.05) is 24.3 Å². The van der Waals surface area contributed by atoms with E-state index in [0.29, 0.717) is 36.6 Å². The summed E-state index contributed by atoms with van der Waals surface area (Å²) in [6, 6.07) is 11.2. The number of ether oxygens (including phenoxy) is 1. The fourth-order valence-electron chi connectivity index (χ4n) is 4.15. The average Bonchev–Trinajstić information content (AvgIpc) is 3.71. The van der Waals surface area contributed by atoms with Crippen LogP contribution in [0.4, 0.5) is 23.1 Å². The third-order valence-electron chi connectivity index (χ3n) is 6.23. The second-order valence-electron chi connectivity index (χ2n) is 8.70. The monoisotopic (exact) mass is 572 g/mol. The lowest BCUT2D eigenvalue weighted by Gasteiger charge is -2.29. The third kappa shape index (κ3) is 4.88. The molecular weight excluding hydrogens is 548 g/mol. The van der Waals surface area contributed by atoms with Gasteiger partial charge in [0.05, 0.1) is 23.7 Å². The maximum Gasteiger partial charge on any atom is 0.254 e. The van der Waals surface area contributed by atoms with E-state index >= 15 is 0 Å². The number of amides is 1. The molecule has 5 rings (SSSR count). The summed E-state index contributed by atoms with van der Waals surface area (Å²) >= 11 is 3.47. The second kappa shape index (κ2) is 9.68. The number of rotatable bonds is 8. The largest absolute Gasteiger partial charge is 0.495 e. The maximum absolute atomic E-state index is 12.8. The van der Waals surface area contributed by atoms with Crippen LogP contribution in [0.1, 0.15) is 34.3 Å². The van der Waals surface area contributed by atoms with Gasteiger partial charge in [-0.25, -0.2) is 13.4 Å². The van der Waals surface area contributed by atoms with Crippen molar-refractivity contribution >= 4 is 55.0 Å². The Morgan fingerprint density at radius 2 is 1.94 bits per heavy atom. The second-order valence-corrected chi connectivity index (χ2v) is 11.8. The van der Waals surface area contributed by atoms with Gasteiger partial charge in [-0.05, 0) is 70.6 Å². The molecule has 2 heterocycles. The Labute approximate surface area is 217 Å². The summed E-state index contributed by atoms with van der Waals surface area (Å²) in [5.41, 5.74) is 8.90. The van der Waals surface area contributed by atoms with E-state index in [1.54, 1.807) is 11.4 Å². The molecule has 36 heavy (non-hydrogen) atoms. The zero-order valence-electron chi connectivity index (χ0n) is 19.5. The topological polar surface area (TPSA) is 140 Å². The summed E-state index contributed by atoms with van der Waals surface area (Å²) in [6.07, 6.45) is 3.43. The van der Waals surface area contributed by atoms with Gasteiger partial charge < -0.3 is 21.1 Å². The van der Waals surface area contributed by atoms with Gasteiger partial charge in [0.1, 0.15) is 17.1 Å². The van der Waals surface area contributed by atoms with Gasteiger partial charge in [0.2, 0.25) is 16.0 Å².